The van der Waals surface area contributed by atoms with Gasteiger partial charge in [0.25, 0.3) is 0 Å². The molecule has 6 nitrogen and oxygen atoms in total. The molecule has 0 aromatic rings. The molecule has 0 atom stereocenters. The smallest absolute Gasteiger partial charge is 0.332 e. The highest BCUT2D eigenvalue weighted by Crippen LogP contribution is 2.26. The maximum absolute atomic E-state index is 11.6. The summed E-state index contributed by atoms with van der Waals surface area (Å²) in [6, 6.07) is 0. The Morgan fingerprint density at radius 1 is 0.885 bits per heavy atom. The first kappa shape index (κ1) is 22.6. The fraction of sp³-hybridized carbons (Fsp3) is 0.800. The summed E-state index contributed by atoms with van der Waals surface area (Å²) in [7, 11) is 0. The van der Waals surface area contributed by atoms with Crippen LogP contribution in [0.2, 0.25) is 0 Å². The van der Waals surface area contributed by atoms with Gasteiger partial charge in [-0.2, -0.15) is 0 Å². The molecule has 1 fully saturated rings. The van der Waals surface area contributed by atoms with Crippen LogP contribution >= 0.6 is 0 Å². The molecule has 26 heavy (non-hydrogen) atoms. The molecular weight excluding hydrogens is 334 g/mol. The molecule has 150 valence electrons. The monoisotopic (exact) mass is 369 g/mol. The number of carbonyl (C=O) groups is 2. The van der Waals surface area contributed by atoms with E-state index < -0.39 is 11.9 Å². The molecule has 0 amide bonds. The van der Waals surface area contributed by atoms with Gasteiger partial charge in [0.1, 0.15) is 0 Å². The third-order valence-electron chi connectivity index (χ3n) is 4.76. The van der Waals surface area contributed by atoms with Crippen molar-refractivity contribution in [3.8, 4) is 0 Å². The maximum atomic E-state index is 11.6. The van der Waals surface area contributed by atoms with Crippen LogP contribution in [0, 0.1) is 5.41 Å². The lowest BCUT2D eigenvalue weighted by Gasteiger charge is -2.26. The average molecular weight is 370 g/mol. The third kappa shape index (κ3) is 9.34. The minimum absolute atomic E-state index is 0.0240. The normalized spacial score (nSPS) is 17.0. The van der Waals surface area contributed by atoms with Crippen LogP contribution in [0.15, 0.2) is 11.1 Å². The van der Waals surface area contributed by atoms with E-state index in [0.29, 0.717) is 19.3 Å². The summed E-state index contributed by atoms with van der Waals surface area (Å²) in [6.45, 7) is 10.7. The Balaban J connectivity index is 2.44. The Labute approximate surface area is 157 Å². The first-order valence-corrected chi connectivity index (χ1v) is 9.69. The van der Waals surface area contributed by atoms with Gasteiger partial charge in [0.15, 0.2) is 0 Å². The van der Waals surface area contributed by atoms with E-state index in [2.05, 4.69) is 4.90 Å². The zero-order chi connectivity index (χ0) is 19.6. The number of carboxylic acid groups (broad SMARTS) is 2. The predicted octanol–water partition coefficient (Wildman–Crippen LogP) is 3.56. The van der Waals surface area contributed by atoms with Crippen molar-refractivity contribution in [1.29, 1.82) is 0 Å². The van der Waals surface area contributed by atoms with Crippen LogP contribution in [0.5, 0.6) is 0 Å². The second kappa shape index (κ2) is 11.3. The van der Waals surface area contributed by atoms with Crippen molar-refractivity contribution in [1.82, 2.24) is 4.90 Å². The van der Waals surface area contributed by atoms with Crippen molar-refractivity contribution in [3.05, 3.63) is 11.1 Å². The summed E-state index contributed by atoms with van der Waals surface area (Å²) in [5.74, 6) is -2.19. The molecule has 0 aromatic heterocycles. The molecule has 6 heteroatoms. The van der Waals surface area contributed by atoms with Crippen molar-refractivity contribution < 1.29 is 24.5 Å². The number of rotatable bonds is 11. The number of morpholine rings is 1. The fourth-order valence-corrected chi connectivity index (χ4v) is 3.09. The second-order valence-corrected chi connectivity index (χ2v) is 8.25. The fourth-order valence-electron chi connectivity index (χ4n) is 3.09. The lowest BCUT2D eigenvalue weighted by atomic mass is 9.87. The summed E-state index contributed by atoms with van der Waals surface area (Å²) >= 11 is 0. The van der Waals surface area contributed by atoms with E-state index in [9.17, 15) is 19.8 Å². The topological polar surface area (TPSA) is 87.1 Å². The third-order valence-corrected chi connectivity index (χ3v) is 4.76. The van der Waals surface area contributed by atoms with Crippen LogP contribution in [0.3, 0.4) is 0 Å². The highest BCUT2D eigenvalue weighted by Gasteiger charge is 2.22. The van der Waals surface area contributed by atoms with Crippen LogP contribution in [0.4, 0.5) is 0 Å². The molecule has 0 unspecified atom stereocenters. The van der Waals surface area contributed by atoms with E-state index in [1.807, 2.05) is 20.8 Å². The summed E-state index contributed by atoms with van der Waals surface area (Å²) < 4.78 is 5.33. The molecule has 1 aliphatic rings. The molecule has 0 aliphatic carbocycles. The number of hydrogen-bond acceptors (Lipinski definition) is 4. The molecular formula is C20H35NO5. The predicted molar refractivity (Wildman–Crippen MR) is 101 cm³/mol. The second-order valence-electron chi connectivity index (χ2n) is 8.25. The first-order valence-electron chi connectivity index (χ1n) is 9.69. The van der Waals surface area contributed by atoms with Gasteiger partial charge in [-0.3, -0.25) is 4.90 Å². The summed E-state index contributed by atoms with van der Waals surface area (Å²) in [5.41, 5.74) is 0.125. The minimum atomic E-state index is -1.10. The van der Waals surface area contributed by atoms with Gasteiger partial charge in [0.05, 0.1) is 13.2 Å². The van der Waals surface area contributed by atoms with E-state index in [1.54, 1.807) is 0 Å². The highest BCUT2D eigenvalue weighted by molar-refractivity contribution is 5.98. The van der Waals surface area contributed by atoms with E-state index in [0.717, 1.165) is 58.5 Å². The number of ether oxygens (including phenoxy) is 1. The molecule has 0 aromatic carbocycles. The number of unbranched alkanes of at least 4 members (excludes halogenated alkanes) is 3. The molecule has 1 heterocycles. The number of aliphatic carboxylic acids is 2. The van der Waals surface area contributed by atoms with Crippen LogP contribution in [0.1, 0.15) is 65.7 Å². The Bertz CT molecular complexity index is 487. The van der Waals surface area contributed by atoms with Gasteiger partial charge < -0.3 is 14.9 Å². The van der Waals surface area contributed by atoms with Crippen molar-refractivity contribution >= 4 is 11.9 Å². The summed E-state index contributed by atoms with van der Waals surface area (Å²) in [6.07, 6.45) is 5.06. The minimum Gasteiger partial charge on any atom is -0.478 e. The van der Waals surface area contributed by atoms with Gasteiger partial charge in [0, 0.05) is 24.2 Å². The van der Waals surface area contributed by atoms with Gasteiger partial charge in [-0.1, -0.05) is 33.6 Å². The van der Waals surface area contributed by atoms with E-state index in [-0.39, 0.29) is 16.6 Å². The Morgan fingerprint density at radius 3 is 1.96 bits per heavy atom. The lowest BCUT2D eigenvalue weighted by Crippen LogP contribution is -2.36. The van der Waals surface area contributed by atoms with E-state index in [4.69, 9.17) is 4.74 Å². The zero-order valence-corrected chi connectivity index (χ0v) is 16.6. The van der Waals surface area contributed by atoms with E-state index in [1.165, 1.54) is 0 Å². The van der Waals surface area contributed by atoms with Crippen molar-refractivity contribution in [3.63, 3.8) is 0 Å². The van der Waals surface area contributed by atoms with Gasteiger partial charge >= 0.3 is 11.9 Å². The largest absolute Gasteiger partial charge is 0.478 e. The SMILES string of the molecule is CC(C)(C)CC/C(C(=O)O)=C(/CCCCCCN1CCOCC1)C(=O)O. The maximum Gasteiger partial charge on any atom is 0.332 e. The van der Waals surface area contributed by atoms with Crippen molar-refractivity contribution in [2.24, 2.45) is 5.41 Å². The van der Waals surface area contributed by atoms with Gasteiger partial charge in [-0.15, -0.1) is 0 Å². The molecule has 0 radical (unpaired) electrons. The van der Waals surface area contributed by atoms with Crippen LogP contribution in [0.25, 0.3) is 0 Å². The number of carboxylic acids is 2. The number of nitrogens with zero attached hydrogens (tertiary/aromatic N) is 1. The van der Waals surface area contributed by atoms with Crippen LogP contribution in [-0.2, 0) is 14.3 Å². The highest BCUT2D eigenvalue weighted by atomic mass is 16.5. The number of hydrogen-bond donors (Lipinski definition) is 2. The zero-order valence-electron chi connectivity index (χ0n) is 16.6. The van der Waals surface area contributed by atoms with Gasteiger partial charge in [-0.05, 0) is 44.1 Å². The molecule has 0 spiro atoms. The summed E-state index contributed by atoms with van der Waals surface area (Å²) in [4.78, 5) is 25.5. The van der Waals surface area contributed by atoms with Crippen LogP contribution in [-0.4, -0.2) is 59.9 Å². The quantitative estimate of drug-likeness (QED) is 0.428. The molecule has 1 rings (SSSR count). The average Bonchev–Trinajstić information content (AvgIpc) is 2.55. The van der Waals surface area contributed by atoms with Gasteiger partial charge in [0.2, 0.25) is 0 Å². The Hall–Kier alpha value is -1.40. The molecule has 0 saturated carbocycles. The van der Waals surface area contributed by atoms with E-state index >= 15 is 0 Å². The molecule has 0 bridgehead atoms. The molecule has 2 N–H and O–H groups in total. The van der Waals surface area contributed by atoms with Crippen molar-refractivity contribution in [2.45, 2.75) is 65.7 Å². The summed E-state index contributed by atoms with van der Waals surface area (Å²) in [5, 5.41) is 18.9. The Morgan fingerprint density at radius 2 is 1.42 bits per heavy atom. The lowest BCUT2D eigenvalue weighted by molar-refractivity contribution is -0.136. The van der Waals surface area contributed by atoms with Crippen molar-refractivity contribution in [2.75, 3.05) is 32.8 Å². The molecule has 1 aliphatic heterocycles. The first-order chi connectivity index (χ1) is 12.2. The van der Waals surface area contributed by atoms with Crippen LogP contribution < -0.4 is 0 Å². The Kier molecular flexibility index (Phi) is 9.88. The standard InChI is InChI=1S/C20H35NO5/c1-20(2,3)10-9-17(19(24)25)16(18(22)23)8-6-4-5-7-11-21-12-14-26-15-13-21/h4-15H2,1-3H3,(H,22,23)(H,24,25)/b17-16+. The van der Waals surface area contributed by atoms with Gasteiger partial charge in [-0.25, -0.2) is 9.59 Å². The molecule has 1 saturated heterocycles.